The first-order valence-electron chi connectivity index (χ1n) is 9.96. The lowest BCUT2D eigenvalue weighted by molar-refractivity contribution is -0.144. The predicted octanol–water partition coefficient (Wildman–Crippen LogP) is 3.49. The van der Waals surface area contributed by atoms with Crippen molar-refractivity contribution in [3.05, 3.63) is 65.2 Å². The van der Waals surface area contributed by atoms with E-state index in [1.807, 2.05) is 12.1 Å². The van der Waals surface area contributed by atoms with Gasteiger partial charge in [0.15, 0.2) is 12.4 Å². The van der Waals surface area contributed by atoms with Crippen LogP contribution in [-0.2, 0) is 19.7 Å². The summed E-state index contributed by atoms with van der Waals surface area (Å²) in [6.07, 6.45) is 0. The van der Waals surface area contributed by atoms with Crippen molar-refractivity contribution in [1.29, 1.82) is 0 Å². The molecule has 0 aliphatic rings. The van der Waals surface area contributed by atoms with Crippen molar-refractivity contribution in [2.24, 2.45) is 0 Å². The summed E-state index contributed by atoms with van der Waals surface area (Å²) in [7, 11) is 0. The lowest BCUT2D eigenvalue weighted by atomic mass is 9.86. The molecular weight excluding hydrogens is 396 g/mol. The molecule has 0 fully saturated rings. The van der Waals surface area contributed by atoms with E-state index < -0.39 is 24.5 Å². The normalized spacial score (nSPS) is 11.9. The molecule has 2 rings (SSSR count). The number of amides is 2. The van der Waals surface area contributed by atoms with Crippen molar-refractivity contribution < 1.29 is 23.9 Å². The number of carbonyl (C=O) groups is 4. The zero-order valence-corrected chi connectivity index (χ0v) is 18.4. The lowest BCUT2D eigenvalue weighted by Gasteiger charge is -2.19. The highest BCUT2D eigenvalue weighted by Gasteiger charge is 2.20. The molecule has 0 aromatic heterocycles. The molecule has 0 spiro atoms. The topological polar surface area (TPSA) is 102 Å². The summed E-state index contributed by atoms with van der Waals surface area (Å²) in [5.41, 5.74) is 2.41. The second-order valence-corrected chi connectivity index (χ2v) is 8.31. The maximum atomic E-state index is 12.4. The van der Waals surface area contributed by atoms with Crippen LogP contribution in [0.25, 0.3) is 0 Å². The van der Waals surface area contributed by atoms with Crippen LogP contribution in [0.15, 0.2) is 48.5 Å². The minimum atomic E-state index is -0.912. The van der Waals surface area contributed by atoms with Crippen LogP contribution >= 0.6 is 0 Å². The van der Waals surface area contributed by atoms with Crippen molar-refractivity contribution in [2.75, 3.05) is 11.9 Å². The molecule has 7 heteroatoms. The molecule has 0 heterocycles. The summed E-state index contributed by atoms with van der Waals surface area (Å²) in [5.74, 6) is -1.71. The van der Waals surface area contributed by atoms with Gasteiger partial charge in [0.05, 0.1) is 0 Å². The Morgan fingerprint density at radius 1 is 0.903 bits per heavy atom. The molecule has 0 saturated carbocycles. The van der Waals surface area contributed by atoms with Crippen LogP contribution in [0.5, 0.6) is 0 Å². The predicted molar refractivity (Wildman–Crippen MR) is 118 cm³/mol. The van der Waals surface area contributed by atoms with E-state index in [9.17, 15) is 19.2 Å². The van der Waals surface area contributed by atoms with Gasteiger partial charge in [0.25, 0.3) is 5.91 Å². The molecule has 0 aliphatic heterocycles. The highest BCUT2D eigenvalue weighted by molar-refractivity contribution is 6.00. The molecule has 31 heavy (non-hydrogen) atoms. The molecule has 0 aliphatic carbocycles. The van der Waals surface area contributed by atoms with Gasteiger partial charge in [0.2, 0.25) is 5.91 Å². The van der Waals surface area contributed by atoms with E-state index >= 15 is 0 Å². The highest BCUT2D eigenvalue weighted by atomic mass is 16.5. The Hall–Kier alpha value is -3.48. The number of hydrogen-bond donors (Lipinski definition) is 2. The monoisotopic (exact) mass is 424 g/mol. The van der Waals surface area contributed by atoms with Gasteiger partial charge in [-0.05, 0) is 54.3 Å². The zero-order chi connectivity index (χ0) is 23.2. The van der Waals surface area contributed by atoms with Crippen molar-refractivity contribution in [2.45, 2.75) is 46.1 Å². The van der Waals surface area contributed by atoms with E-state index in [-0.39, 0.29) is 17.1 Å². The number of Topliss-reactive ketones (excluding diaryl/α,β-unsaturated/α-hetero) is 1. The zero-order valence-electron chi connectivity index (χ0n) is 18.4. The summed E-state index contributed by atoms with van der Waals surface area (Å²) in [6.45, 7) is 8.69. The molecule has 2 N–H and O–H groups in total. The number of hydrogen-bond acceptors (Lipinski definition) is 5. The van der Waals surface area contributed by atoms with Gasteiger partial charge in [0, 0.05) is 23.7 Å². The fourth-order valence-corrected chi connectivity index (χ4v) is 2.75. The van der Waals surface area contributed by atoms with Crippen LogP contribution in [0.4, 0.5) is 5.69 Å². The van der Waals surface area contributed by atoms with Gasteiger partial charge in [-0.25, -0.2) is 4.79 Å². The van der Waals surface area contributed by atoms with Crippen LogP contribution in [-0.4, -0.2) is 36.2 Å². The Morgan fingerprint density at radius 3 is 1.97 bits per heavy atom. The minimum absolute atomic E-state index is 0.0249. The summed E-state index contributed by atoms with van der Waals surface area (Å²) < 4.78 is 5.04. The van der Waals surface area contributed by atoms with Crippen LogP contribution in [0.3, 0.4) is 0 Å². The number of ketones is 1. The number of ether oxygens (including phenoxy) is 1. The van der Waals surface area contributed by atoms with Crippen LogP contribution < -0.4 is 10.6 Å². The van der Waals surface area contributed by atoms with Gasteiger partial charge in [-0.15, -0.1) is 0 Å². The van der Waals surface area contributed by atoms with E-state index in [0.717, 1.165) is 5.56 Å². The fourth-order valence-electron chi connectivity index (χ4n) is 2.75. The number of esters is 1. The molecule has 7 nitrogen and oxygen atoms in total. The molecular formula is C24H28N2O5. The van der Waals surface area contributed by atoms with E-state index in [2.05, 4.69) is 31.4 Å². The van der Waals surface area contributed by atoms with Crippen LogP contribution in [0.2, 0.25) is 0 Å². The first-order chi connectivity index (χ1) is 14.5. The largest absolute Gasteiger partial charge is 0.456 e. The Morgan fingerprint density at radius 2 is 1.45 bits per heavy atom. The molecule has 164 valence electrons. The number of anilines is 1. The Bertz CT molecular complexity index is 957. The van der Waals surface area contributed by atoms with Crippen molar-refractivity contribution in [3.8, 4) is 0 Å². The lowest BCUT2D eigenvalue weighted by Crippen LogP contribution is -2.40. The standard InChI is InChI=1S/C24H28N2O5/c1-15(25-22(29)18-6-10-19(11-7-18)24(3,4)5)23(30)31-14-21(28)17-8-12-20(13-9-17)26-16(2)27/h6-13,15H,14H2,1-5H3,(H,25,29)(H,26,27)/t15-/m0/s1. The van der Waals surface area contributed by atoms with Gasteiger partial charge in [-0.3, -0.25) is 14.4 Å². The third kappa shape index (κ3) is 7.06. The summed E-state index contributed by atoms with van der Waals surface area (Å²) in [4.78, 5) is 47.8. The van der Waals surface area contributed by atoms with Crippen LogP contribution in [0.1, 0.15) is 60.9 Å². The first-order valence-corrected chi connectivity index (χ1v) is 9.96. The fraction of sp³-hybridized carbons (Fsp3) is 0.333. The second-order valence-electron chi connectivity index (χ2n) is 8.31. The van der Waals surface area contributed by atoms with Gasteiger partial charge >= 0.3 is 5.97 Å². The quantitative estimate of drug-likeness (QED) is 0.523. The smallest absolute Gasteiger partial charge is 0.328 e. The summed E-state index contributed by atoms with van der Waals surface area (Å²) in [5, 5.41) is 5.18. The van der Waals surface area contributed by atoms with Crippen molar-refractivity contribution in [3.63, 3.8) is 0 Å². The summed E-state index contributed by atoms with van der Waals surface area (Å²) in [6, 6.07) is 12.5. The van der Waals surface area contributed by atoms with Crippen LogP contribution in [0, 0.1) is 0 Å². The number of rotatable bonds is 7. The van der Waals surface area contributed by atoms with Crippen molar-refractivity contribution in [1.82, 2.24) is 5.32 Å². The molecule has 2 amide bonds. The van der Waals surface area contributed by atoms with E-state index in [1.54, 1.807) is 24.3 Å². The number of benzene rings is 2. The van der Waals surface area contributed by atoms with Gasteiger partial charge in [-0.2, -0.15) is 0 Å². The minimum Gasteiger partial charge on any atom is -0.456 e. The molecule has 0 saturated heterocycles. The molecule has 0 unspecified atom stereocenters. The summed E-state index contributed by atoms with van der Waals surface area (Å²) >= 11 is 0. The highest BCUT2D eigenvalue weighted by Crippen LogP contribution is 2.22. The Kier molecular flexibility index (Phi) is 7.69. The van der Waals surface area contributed by atoms with E-state index in [4.69, 9.17) is 4.74 Å². The SMILES string of the molecule is CC(=O)Nc1ccc(C(=O)COC(=O)[C@H](C)NC(=O)c2ccc(C(C)(C)C)cc2)cc1. The van der Waals surface area contributed by atoms with Gasteiger partial charge in [0.1, 0.15) is 6.04 Å². The average molecular weight is 424 g/mol. The van der Waals surface area contributed by atoms with Gasteiger partial charge < -0.3 is 15.4 Å². The average Bonchev–Trinajstić information content (AvgIpc) is 2.71. The molecule has 2 aromatic rings. The molecule has 0 bridgehead atoms. The number of nitrogens with one attached hydrogen (secondary N) is 2. The third-order valence-electron chi connectivity index (χ3n) is 4.59. The van der Waals surface area contributed by atoms with Gasteiger partial charge in [-0.1, -0.05) is 32.9 Å². The molecule has 0 radical (unpaired) electrons. The maximum absolute atomic E-state index is 12.4. The molecule has 1 atom stereocenters. The third-order valence-corrected chi connectivity index (χ3v) is 4.59. The Balaban J connectivity index is 1.87. The van der Waals surface area contributed by atoms with E-state index in [0.29, 0.717) is 16.8 Å². The van der Waals surface area contributed by atoms with Crippen molar-refractivity contribution >= 4 is 29.3 Å². The second kappa shape index (κ2) is 10.0. The molecule has 2 aromatic carbocycles. The Labute approximate surface area is 182 Å². The van der Waals surface area contributed by atoms with E-state index in [1.165, 1.54) is 26.0 Å². The first kappa shape index (κ1) is 23.8. The maximum Gasteiger partial charge on any atom is 0.328 e. The number of carbonyl (C=O) groups excluding carboxylic acids is 4.